The van der Waals surface area contributed by atoms with Crippen LogP contribution in [-0.4, -0.2) is 5.16 Å². The van der Waals surface area contributed by atoms with Crippen LogP contribution in [0.3, 0.4) is 0 Å². The van der Waals surface area contributed by atoms with Gasteiger partial charge >= 0.3 is 6.85 Å². The molecule has 1 atom stereocenters. The molecule has 0 rings (SSSR count). The van der Waals surface area contributed by atoms with Crippen molar-refractivity contribution in [3.63, 3.8) is 0 Å². The molecule has 0 radical (unpaired) electrons. The van der Waals surface area contributed by atoms with Crippen molar-refractivity contribution in [2.75, 3.05) is 0 Å². The van der Waals surface area contributed by atoms with Gasteiger partial charge in [-0.1, -0.05) is 0 Å². The van der Waals surface area contributed by atoms with E-state index in [2.05, 4.69) is 22.1 Å². The number of isothiocyanates is 1. The fraction of sp³-hybridized carbons (Fsp3) is 0.250. The summed E-state index contributed by atoms with van der Waals surface area (Å²) < 4.78 is 3.67. The van der Waals surface area contributed by atoms with Crippen molar-refractivity contribution >= 4 is 36.0 Å². The lowest BCUT2D eigenvalue weighted by Crippen LogP contribution is -1.42. The van der Waals surface area contributed by atoms with E-state index in [1.54, 1.807) is 0 Å². The van der Waals surface area contributed by atoms with Crippen LogP contribution < -0.4 is 0 Å². The molecule has 42 valence electrons. The number of nitrogens with zero attached hydrogens (tertiary/aromatic N) is 1. The molecule has 0 N–H and O–H groups in total. The van der Waals surface area contributed by atoms with Gasteiger partial charge in [0, 0.05) is 4.76 Å². The van der Waals surface area contributed by atoms with Crippen LogP contribution >= 0.6 is 19.1 Å². The normalized spacial score (nSPS) is 10.9. The maximum absolute atomic E-state index is 4.82. The Labute approximate surface area is 60.0 Å². The lowest BCUT2D eigenvalue weighted by Gasteiger charge is -1.58. The first-order chi connectivity index (χ1) is 3.81. The van der Waals surface area contributed by atoms with Crippen LogP contribution in [0.2, 0.25) is 0 Å². The summed E-state index contributed by atoms with van der Waals surface area (Å²) in [6.45, 7) is 1.14. The zero-order chi connectivity index (χ0) is 6.41. The van der Waals surface area contributed by atoms with Gasteiger partial charge in [0.05, 0.1) is 0 Å². The Morgan fingerprint density at radius 1 is 1.75 bits per heavy atom. The molecule has 0 saturated carbocycles. The average molecular weight is 162 g/mol. The molecule has 8 heavy (non-hydrogen) atoms. The summed E-state index contributed by atoms with van der Waals surface area (Å²) in [7, 11) is 0. The Kier molecular flexibility index (Phi) is 5.24. The second-order valence-corrected chi connectivity index (χ2v) is 3.38. The van der Waals surface area contributed by atoms with Gasteiger partial charge in [0.2, 0.25) is 0 Å². The van der Waals surface area contributed by atoms with Crippen molar-refractivity contribution in [3.05, 3.63) is 11.9 Å². The van der Waals surface area contributed by atoms with Crippen molar-refractivity contribution in [2.45, 2.75) is 6.92 Å². The van der Waals surface area contributed by atoms with Gasteiger partial charge in [-0.25, -0.2) is 0 Å². The van der Waals surface area contributed by atoms with Gasteiger partial charge in [-0.3, -0.25) is 0 Å². The van der Waals surface area contributed by atoms with Gasteiger partial charge in [-0.05, 0) is 25.2 Å². The van der Waals surface area contributed by atoms with E-state index >= 15 is 0 Å². The first-order valence-electron chi connectivity index (χ1n) is 1.98. The molecule has 0 saturated heterocycles. The highest BCUT2D eigenvalue weighted by molar-refractivity contribution is 8.06. The fourth-order valence-electron chi connectivity index (χ4n) is 0.201. The van der Waals surface area contributed by atoms with Gasteiger partial charge in [0.15, 0.2) is 11.8 Å². The van der Waals surface area contributed by atoms with Crippen molar-refractivity contribution in [2.24, 2.45) is 4.76 Å². The Morgan fingerprint density at radius 3 is 2.75 bits per heavy atom. The number of allylic oxidation sites excluding steroid dienone is 1. The molecule has 1 unspecified atom stereocenters. The molecule has 0 aliphatic carbocycles. The quantitative estimate of drug-likeness (QED) is 0.351. The van der Waals surface area contributed by atoms with Crippen LogP contribution in [0.1, 0.15) is 6.92 Å². The second-order valence-electron chi connectivity index (χ2n) is 0.976. The molecule has 4 heteroatoms. The van der Waals surface area contributed by atoms with E-state index in [1.165, 1.54) is 0 Å². The van der Waals surface area contributed by atoms with E-state index in [0.717, 1.165) is 0 Å². The monoisotopic (exact) mass is 162 g/mol. The summed E-state index contributed by atoms with van der Waals surface area (Å²) in [5.41, 5.74) is 0. The van der Waals surface area contributed by atoms with Crippen molar-refractivity contribution < 1.29 is 0 Å². The van der Waals surface area contributed by atoms with Gasteiger partial charge in [0.1, 0.15) is 11.0 Å². The number of hydrogen-bond donors (Lipinski definition) is 0. The third-order valence-electron chi connectivity index (χ3n) is 0.416. The summed E-state index contributed by atoms with van der Waals surface area (Å²) in [5.74, 6) is 1.84. The van der Waals surface area contributed by atoms with Gasteiger partial charge in [-0.15, -0.1) is 0 Å². The van der Waals surface area contributed by atoms with E-state index in [0.29, 0.717) is 0 Å². The lowest BCUT2D eigenvalue weighted by molar-refractivity contribution is 1.78. The molecular weight excluding hydrogens is 157 g/mol. The first-order valence-corrected chi connectivity index (χ1v) is 4.76. The molecule has 1 nitrogen and oxygen atoms in total. The minimum atomic E-state index is -0.768. The van der Waals surface area contributed by atoms with Gasteiger partial charge in [-0.2, -0.15) is 0 Å². The maximum atomic E-state index is 4.82. The van der Waals surface area contributed by atoms with Gasteiger partial charge in [0.25, 0.3) is 0 Å². The molecule has 0 heterocycles. The van der Waals surface area contributed by atoms with Crippen LogP contribution in [0.15, 0.2) is 16.7 Å². The van der Waals surface area contributed by atoms with Crippen molar-refractivity contribution in [1.29, 1.82) is 0 Å². The summed E-state index contributed by atoms with van der Waals surface area (Å²) in [6.07, 6.45) is 1.87. The van der Waals surface area contributed by atoms with Crippen molar-refractivity contribution in [3.8, 4) is 0 Å². The average Bonchev–Trinajstić information content (AvgIpc) is 1.68. The summed E-state index contributed by atoms with van der Waals surface area (Å²) in [4.78, 5) is 0. The molecular formula is C4H5NPS2+. The Balaban J connectivity index is 3.84. The van der Waals surface area contributed by atoms with Crippen LogP contribution in [0.5, 0.6) is 0 Å². The largest absolute Gasteiger partial charge is 0.357 e. The van der Waals surface area contributed by atoms with E-state index in [4.69, 9.17) is 11.8 Å². The van der Waals surface area contributed by atoms with Crippen LogP contribution in [0.25, 0.3) is 0 Å². The minimum absolute atomic E-state index is 0.768. The highest BCUT2D eigenvalue weighted by Crippen LogP contribution is 2.22. The molecule has 0 bridgehead atoms. The smallest absolute Gasteiger partial charge is 0.0428 e. The topological polar surface area (TPSA) is 12.4 Å². The summed E-state index contributed by atoms with van der Waals surface area (Å²) in [6, 6.07) is 0. The van der Waals surface area contributed by atoms with Gasteiger partial charge < -0.3 is 0 Å². The molecule has 0 fully saturated rings. The van der Waals surface area contributed by atoms with E-state index in [9.17, 15) is 0 Å². The summed E-state index contributed by atoms with van der Waals surface area (Å²) >= 11 is 9.16. The standard InChI is InChI=1S/C4H5NPS2/c1-2-3-6(8)5-4-7/h2-3H,1H3/q+1. The van der Waals surface area contributed by atoms with Crippen LogP contribution in [-0.2, 0) is 11.8 Å². The molecule has 0 aromatic heterocycles. The number of thiocarbonyl (C=S) groups is 1. The SMILES string of the molecule is CC=C[P+](=S)N=C=S. The molecule has 0 amide bonds. The zero-order valence-electron chi connectivity index (χ0n) is 4.37. The lowest BCUT2D eigenvalue weighted by atomic mass is 10.8. The van der Waals surface area contributed by atoms with E-state index < -0.39 is 6.85 Å². The second kappa shape index (κ2) is 5.20. The summed E-state index contributed by atoms with van der Waals surface area (Å²) in [5, 5.41) is 2.23. The predicted octanol–water partition coefficient (Wildman–Crippen LogP) is 2.48. The van der Waals surface area contributed by atoms with Crippen LogP contribution in [0, 0.1) is 0 Å². The molecule has 0 spiro atoms. The molecule has 0 aliphatic heterocycles. The first kappa shape index (κ1) is 8.06. The highest BCUT2D eigenvalue weighted by atomic mass is 32.4. The number of hydrogen-bond acceptors (Lipinski definition) is 2. The molecule has 0 aromatic rings. The third kappa shape index (κ3) is 4.23. The number of rotatable bonds is 2. The fourth-order valence-corrected chi connectivity index (χ4v) is 1.51. The Morgan fingerprint density at radius 2 is 2.38 bits per heavy atom. The van der Waals surface area contributed by atoms with E-state index in [-0.39, 0.29) is 0 Å². The Hall–Kier alpha value is 0.0600. The predicted molar refractivity (Wildman–Crippen MR) is 44.1 cm³/mol. The Bertz CT molecular complexity index is 157. The molecule has 0 aliphatic rings. The van der Waals surface area contributed by atoms with E-state index in [1.807, 2.05) is 18.8 Å². The van der Waals surface area contributed by atoms with Crippen LogP contribution in [0.4, 0.5) is 0 Å². The maximum Gasteiger partial charge on any atom is 0.357 e. The highest BCUT2D eigenvalue weighted by Gasteiger charge is 1.95. The third-order valence-corrected chi connectivity index (χ3v) is 2.10. The zero-order valence-corrected chi connectivity index (χ0v) is 6.89. The van der Waals surface area contributed by atoms with Crippen molar-refractivity contribution in [1.82, 2.24) is 0 Å². The molecule has 0 aromatic carbocycles. The minimum Gasteiger partial charge on any atom is -0.0428 e.